The molecule has 0 aliphatic carbocycles. The van der Waals surface area contributed by atoms with Gasteiger partial charge in [0.2, 0.25) is 0 Å². The second-order valence-corrected chi connectivity index (χ2v) is 9.61. The molecule has 0 saturated heterocycles. The standard InChI is InChI=1S/C35H23N3O2/c39-32-16-15-22-9-1-3-11-25(22)33(32)34-26-12-4-2-10-23(26)19-27(35(34)40)24-20-30(28-13-5-7-17-36-28)38-31(21-24)29-14-6-8-18-37-29/h1-21,39-40H. The SMILES string of the molecule is Oc1ccc2ccccc2c1-c1c(O)c(-c2cc(-c3ccccn3)nc(-c3ccccn3)c2)cc2ccccc12. The van der Waals surface area contributed by atoms with Crippen molar-refractivity contribution in [1.29, 1.82) is 0 Å². The summed E-state index contributed by atoms with van der Waals surface area (Å²) in [5.41, 5.74) is 5.33. The molecule has 4 aromatic carbocycles. The Morgan fingerprint density at radius 3 is 1.68 bits per heavy atom. The number of rotatable bonds is 4. The van der Waals surface area contributed by atoms with Gasteiger partial charge < -0.3 is 10.2 Å². The molecule has 0 radical (unpaired) electrons. The van der Waals surface area contributed by atoms with E-state index >= 15 is 0 Å². The number of phenols is 2. The zero-order valence-electron chi connectivity index (χ0n) is 21.4. The van der Waals surface area contributed by atoms with Gasteiger partial charge in [0.1, 0.15) is 11.5 Å². The molecule has 3 heterocycles. The molecular formula is C35H23N3O2. The van der Waals surface area contributed by atoms with E-state index in [-0.39, 0.29) is 11.5 Å². The van der Waals surface area contributed by atoms with E-state index < -0.39 is 0 Å². The molecule has 0 aliphatic rings. The Hall–Kier alpha value is -5.55. The first-order valence-corrected chi connectivity index (χ1v) is 13.0. The summed E-state index contributed by atoms with van der Waals surface area (Å²) in [6.07, 6.45) is 3.47. The van der Waals surface area contributed by atoms with Crippen LogP contribution in [0, 0.1) is 0 Å². The molecule has 0 amide bonds. The zero-order valence-corrected chi connectivity index (χ0v) is 21.4. The summed E-state index contributed by atoms with van der Waals surface area (Å²) in [4.78, 5) is 13.9. The minimum atomic E-state index is 0.0792. The quantitative estimate of drug-likeness (QED) is 0.246. The van der Waals surface area contributed by atoms with E-state index in [1.54, 1.807) is 18.5 Å². The molecular weight excluding hydrogens is 494 g/mol. The second kappa shape index (κ2) is 9.64. The average molecular weight is 518 g/mol. The first-order chi connectivity index (χ1) is 19.7. The van der Waals surface area contributed by atoms with Gasteiger partial charge in [-0.1, -0.05) is 66.7 Å². The maximum Gasteiger partial charge on any atom is 0.132 e. The molecule has 7 rings (SSSR count). The summed E-state index contributed by atoms with van der Waals surface area (Å²) < 4.78 is 0. The molecule has 5 nitrogen and oxygen atoms in total. The van der Waals surface area contributed by atoms with Gasteiger partial charge in [-0.15, -0.1) is 0 Å². The smallest absolute Gasteiger partial charge is 0.132 e. The summed E-state index contributed by atoms with van der Waals surface area (Å²) in [7, 11) is 0. The van der Waals surface area contributed by atoms with Crippen LogP contribution in [0.3, 0.4) is 0 Å². The largest absolute Gasteiger partial charge is 0.507 e. The lowest BCUT2D eigenvalue weighted by Gasteiger charge is -2.18. The lowest BCUT2D eigenvalue weighted by Crippen LogP contribution is -1.95. The van der Waals surface area contributed by atoms with Gasteiger partial charge in [0.15, 0.2) is 0 Å². The summed E-state index contributed by atoms with van der Waals surface area (Å²) >= 11 is 0. The maximum absolute atomic E-state index is 12.0. The number of nitrogens with zero attached hydrogens (tertiary/aromatic N) is 3. The molecule has 0 fully saturated rings. The normalized spacial score (nSPS) is 11.2. The van der Waals surface area contributed by atoms with Gasteiger partial charge in [0.25, 0.3) is 0 Å². The van der Waals surface area contributed by atoms with Crippen LogP contribution in [0.4, 0.5) is 0 Å². The molecule has 40 heavy (non-hydrogen) atoms. The van der Waals surface area contributed by atoms with E-state index in [4.69, 9.17) is 4.98 Å². The van der Waals surface area contributed by atoms with Crippen LogP contribution < -0.4 is 0 Å². The molecule has 2 N–H and O–H groups in total. The lowest BCUT2D eigenvalue weighted by atomic mass is 9.88. The van der Waals surface area contributed by atoms with Crippen LogP contribution in [0.5, 0.6) is 11.5 Å². The van der Waals surface area contributed by atoms with E-state index in [2.05, 4.69) is 9.97 Å². The Balaban J connectivity index is 1.56. The first-order valence-electron chi connectivity index (χ1n) is 13.0. The second-order valence-electron chi connectivity index (χ2n) is 9.61. The topological polar surface area (TPSA) is 79.1 Å². The Kier molecular flexibility index (Phi) is 5.68. The van der Waals surface area contributed by atoms with E-state index in [1.165, 1.54) is 0 Å². The summed E-state index contributed by atoms with van der Waals surface area (Å²) in [5.74, 6) is 0.185. The van der Waals surface area contributed by atoms with Crippen LogP contribution in [0.25, 0.3) is 66.6 Å². The van der Waals surface area contributed by atoms with Gasteiger partial charge in [-0.05, 0) is 75.6 Å². The van der Waals surface area contributed by atoms with Crippen LogP contribution in [-0.4, -0.2) is 25.2 Å². The summed E-state index contributed by atoms with van der Waals surface area (Å²) in [6.45, 7) is 0. The van der Waals surface area contributed by atoms with E-state index in [0.717, 1.165) is 27.1 Å². The number of phenolic OH excluding ortho intramolecular Hbond substituents is 2. The number of aromatic hydroxyl groups is 2. The van der Waals surface area contributed by atoms with Gasteiger partial charge in [-0.2, -0.15) is 0 Å². The number of aromatic nitrogens is 3. The Labute approximate surface area is 230 Å². The van der Waals surface area contributed by atoms with Crippen molar-refractivity contribution in [1.82, 2.24) is 15.0 Å². The predicted octanol–water partition coefficient (Wildman–Crippen LogP) is 8.26. The highest BCUT2D eigenvalue weighted by molar-refractivity contribution is 6.12. The van der Waals surface area contributed by atoms with Gasteiger partial charge in [0.05, 0.1) is 22.8 Å². The third-order valence-electron chi connectivity index (χ3n) is 7.17. The number of hydrogen-bond donors (Lipinski definition) is 2. The first kappa shape index (κ1) is 23.6. The molecule has 3 aromatic heterocycles. The van der Waals surface area contributed by atoms with Gasteiger partial charge in [-0.3, -0.25) is 9.97 Å². The van der Waals surface area contributed by atoms with Crippen LogP contribution in [0.15, 0.2) is 128 Å². The van der Waals surface area contributed by atoms with Crippen molar-refractivity contribution >= 4 is 21.5 Å². The molecule has 7 aromatic rings. The monoisotopic (exact) mass is 517 g/mol. The molecule has 0 saturated carbocycles. The highest BCUT2D eigenvalue weighted by Crippen LogP contribution is 2.49. The fraction of sp³-hybridized carbons (Fsp3) is 0. The Bertz CT molecular complexity index is 1970. The molecule has 0 aliphatic heterocycles. The highest BCUT2D eigenvalue weighted by Gasteiger charge is 2.21. The molecule has 5 heteroatoms. The van der Waals surface area contributed by atoms with Crippen molar-refractivity contribution in [3.63, 3.8) is 0 Å². The van der Waals surface area contributed by atoms with Crippen molar-refractivity contribution in [2.75, 3.05) is 0 Å². The molecule has 0 bridgehead atoms. The van der Waals surface area contributed by atoms with E-state index in [0.29, 0.717) is 39.5 Å². The number of fused-ring (bicyclic) bond motifs is 2. The van der Waals surface area contributed by atoms with Crippen LogP contribution in [-0.2, 0) is 0 Å². The molecule has 0 atom stereocenters. The van der Waals surface area contributed by atoms with Gasteiger partial charge in [0, 0.05) is 29.1 Å². The average Bonchev–Trinajstić information content (AvgIpc) is 3.02. The van der Waals surface area contributed by atoms with Crippen molar-refractivity contribution in [3.8, 4) is 56.5 Å². The Morgan fingerprint density at radius 2 is 1.05 bits per heavy atom. The summed E-state index contributed by atoms with van der Waals surface area (Å²) in [5, 5.41) is 26.8. The van der Waals surface area contributed by atoms with Gasteiger partial charge in [-0.25, -0.2) is 4.98 Å². The van der Waals surface area contributed by atoms with E-state index in [1.807, 2.05) is 109 Å². The molecule has 0 spiro atoms. The van der Waals surface area contributed by atoms with Crippen LogP contribution >= 0.6 is 0 Å². The third kappa shape index (κ3) is 4.01. The van der Waals surface area contributed by atoms with Crippen molar-refractivity contribution in [3.05, 3.63) is 128 Å². The van der Waals surface area contributed by atoms with Crippen LogP contribution in [0.2, 0.25) is 0 Å². The summed E-state index contributed by atoms with van der Waals surface area (Å²) in [6, 6.07) is 36.6. The number of pyridine rings is 3. The predicted molar refractivity (Wildman–Crippen MR) is 160 cm³/mol. The van der Waals surface area contributed by atoms with Crippen molar-refractivity contribution in [2.24, 2.45) is 0 Å². The highest BCUT2D eigenvalue weighted by atomic mass is 16.3. The molecule has 0 unspecified atom stereocenters. The lowest BCUT2D eigenvalue weighted by molar-refractivity contribution is 0.471. The van der Waals surface area contributed by atoms with Crippen molar-refractivity contribution < 1.29 is 10.2 Å². The minimum Gasteiger partial charge on any atom is -0.507 e. The zero-order chi connectivity index (χ0) is 27.1. The number of hydrogen-bond acceptors (Lipinski definition) is 5. The minimum absolute atomic E-state index is 0.0792. The molecule has 190 valence electrons. The Morgan fingerprint density at radius 1 is 0.475 bits per heavy atom. The third-order valence-corrected chi connectivity index (χ3v) is 7.17. The fourth-order valence-corrected chi connectivity index (χ4v) is 5.31. The fourth-order valence-electron chi connectivity index (χ4n) is 5.31. The van der Waals surface area contributed by atoms with Crippen LogP contribution in [0.1, 0.15) is 0 Å². The maximum atomic E-state index is 12.0. The van der Waals surface area contributed by atoms with Gasteiger partial charge >= 0.3 is 0 Å². The number of benzene rings is 4. The van der Waals surface area contributed by atoms with E-state index in [9.17, 15) is 10.2 Å². The van der Waals surface area contributed by atoms with Crippen molar-refractivity contribution in [2.45, 2.75) is 0 Å².